The van der Waals surface area contributed by atoms with Crippen LogP contribution in [0.5, 0.6) is 0 Å². The minimum atomic E-state index is -3.39. The predicted octanol–water partition coefficient (Wildman–Crippen LogP) is 1.57. The summed E-state index contributed by atoms with van der Waals surface area (Å²) in [7, 11) is -3.39. The first kappa shape index (κ1) is 14.0. The molecule has 0 amide bonds. The van der Waals surface area contributed by atoms with E-state index in [1.165, 1.54) is 11.3 Å². The number of hydrogen-bond acceptors (Lipinski definition) is 5. The summed E-state index contributed by atoms with van der Waals surface area (Å²) in [5, 5.41) is 1.74. The molecule has 0 atom stereocenters. The minimum absolute atomic E-state index is 0.302. The molecule has 1 aliphatic heterocycles. The second-order valence-electron chi connectivity index (χ2n) is 4.26. The monoisotopic (exact) mass is 291 g/mol. The van der Waals surface area contributed by atoms with Crippen LogP contribution >= 0.6 is 11.3 Å². The second-order valence-corrected chi connectivity index (χ2v) is 7.21. The third-order valence-electron chi connectivity index (χ3n) is 2.73. The molecule has 0 aliphatic carbocycles. The molecule has 7 heteroatoms. The quantitative estimate of drug-likeness (QED) is 0.894. The Morgan fingerprint density at radius 1 is 1.44 bits per heavy atom. The molecule has 0 bridgehead atoms. The zero-order chi connectivity index (χ0) is 13.1. The van der Waals surface area contributed by atoms with Crippen molar-refractivity contribution in [2.75, 3.05) is 19.8 Å². The molecule has 102 valence electrons. The van der Waals surface area contributed by atoms with E-state index in [4.69, 9.17) is 9.47 Å². The molecule has 1 aromatic rings. The highest BCUT2D eigenvalue weighted by atomic mass is 32.2. The van der Waals surface area contributed by atoms with Crippen LogP contribution in [0.15, 0.2) is 21.7 Å². The van der Waals surface area contributed by atoms with E-state index in [1.807, 2.05) is 6.92 Å². The fourth-order valence-electron chi connectivity index (χ4n) is 1.72. The van der Waals surface area contributed by atoms with Crippen molar-refractivity contribution in [3.8, 4) is 0 Å². The zero-order valence-corrected chi connectivity index (χ0v) is 11.9. The maximum absolute atomic E-state index is 11.9. The van der Waals surface area contributed by atoms with Crippen molar-refractivity contribution in [3.05, 3.63) is 17.5 Å². The highest BCUT2D eigenvalue weighted by Gasteiger charge is 2.29. The summed E-state index contributed by atoms with van der Waals surface area (Å²) < 4.78 is 37.6. The molecule has 0 aromatic carbocycles. The third-order valence-corrected chi connectivity index (χ3v) is 5.59. The molecule has 1 N–H and O–H groups in total. The van der Waals surface area contributed by atoms with Gasteiger partial charge in [-0.25, -0.2) is 13.1 Å². The average molecular weight is 291 g/mol. The standard InChI is InChI=1S/C11H17NO4S2/c1-11(15-7-3-8-16-11)5-6-12-18(13,14)10-4-2-9-17-10/h2,4,9,12H,3,5-8H2,1H3. The summed E-state index contributed by atoms with van der Waals surface area (Å²) >= 11 is 1.20. The lowest BCUT2D eigenvalue weighted by Gasteiger charge is -2.33. The zero-order valence-electron chi connectivity index (χ0n) is 10.2. The van der Waals surface area contributed by atoms with Gasteiger partial charge in [-0.2, -0.15) is 0 Å². The van der Waals surface area contributed by atoms with Gasteiger partial charge in [0.25, 0.3) is 0 Å². The number of rotatable bonds is 5. The molecule has 0 spiro atoms. The van der Waals surface area contributed by atoms with Crippen LogP contribution in [0.2, 0.25) is 0 Å². The molecule has 5 nitrogen and oxygen atoms in total. The third kappa shape index (κ3) is 3.52. The summed E-state index contributed by atoms with van der Waals surface area (Å²) in [6.45, 7) is 3.46. The van der Waals surface area contributed by atoms with E-state index in [0.29, 0.717) is 30.4 Å². The Morgan fingerprint density at radius 2 is 2.17 bits per heavy atom. The summed E-state index contributed by atoms with van der Waals surface area (Å²) in [5.74, 6) is -0.670. The van der Waals surface area contributed by atoms with Gasteiger partial charge in [-0.05, 0) is 24.8 Å². The minimum Gasteiger partial charge on any atom is -0.350 e. The van der Waals surface area contributed by atoms with Crippen molar-refractivity contribution >= 4 is 21.4 Å². The van der Waals surface area contributed by atoms with Crippen LogP contribution in [0.1, 0.15) is 19.8 Å². The molecule has 1 aromatic heterocycles. The maximum Gasteiger partial charge on any atom is 0.250 e. The van der Waals surface area contributed by atoms with Gasteiger partial charge in [0.05, 0.1) is 13.2 Å². The Hall–Kier alpha value is -0.470. The Kier molecular flexibility index (Phi) is 4.39. The molecule has 18 heavy (non-hydrogen) atoms. The van der Waals surface area contributed by atoms with Crippen molar-refractivity contribution in [1.82, 2.24) is 4.72 Å². The number of thiophene rings is 1. The molecule has 0 unspecified atom stereocenters. The predicted molar refractivity (Wildman–Crippen MR) is 69.1 cm³/mol. The van der Waals surface area contributed by atoms with Crippen LogP contribution < -0.4 is 4.72 Å². The van der Waals surface area contributed by atoms with Crippen LogP contribution in [-0.4, -0.2) is 34.0 Å². The topological polar surface area (TPSA) is 64.6 Å². The number of ether oxygens (including phenoxy) is 2. The van der Waals surface area contributed by atoms with Crippen LogP contribution in [0.3, 0.4) is 0 Å². The van der Waals surface area contributed by atoms with Crippen LogP contribution in [0.25, 0.3) is 0 Å². The molecule has 2 heterocycles. The van der Waals surface area contributed by atoms with Crippen molar-refractivity contribution < 1.29 is 17.9 Å². The molecule has 2 rings (SSSR count). The second kappa shape index (κ2) is 5.66. The number of nitrogens with one attached hydrogen (secondary N) is 1. The first-order valence-electron chi connectivity index (χ1n) is 5.83. The van der Waals surface area contributed by atoms with Crippen molar-refractivity contribution in [1.29, 1.82) is 0 Å². The number of sulfonamides is 1. The van der Waals surface area contributed by atoms with E-state index in [0.717, 1.165) is 6.42 Å². The molecular weight excluding hydrogens is 274 g/mol. The van der Waals surface area contributed by atoms with Gasteiger partial charge < -0.3 is 9.47 Å². The Bertz CT molecular complexity index is 463. The summed E-state index contributed by atoms with van der Waals surface area (Å²) in [4.78, 5) is 0. The van der Waals surface area contributed by atoms with Gasteiger partial charge in [0.15, 0.2) is 5.79 Å². The summed E-state index contributed by atoms with van der Waals surface area (Å²) in [6, 6.07) is 3.30. The first-order valence-corrected chi connectivity index (χ1v) is 8.19. The van der Waals surface area contributed by atoms with Gasteiger partial charge in [0, 0.05) is 13.0 Å². The van der Waals surface area contributed by atoms with E-state index < -0.39 is 15.8 Å². The van der Waals surface area contributed by atoms with Gasteiger partial charge in [0.1, 0.15) is 4.21 Å². The fourth-order valence-corrected chi connectivity index (χ4v) is 3.79. The summed E-state index contributed by atoms with van der Waals surface area (Å²) in [5.41, 5.74) is 0. The van der Waals surface area contributed by atoms with Gasteiger partial charge in [0.2, 0.25) is 10.0 Å². The normalized spacial score (nSPS) is 19.8. The van der Waals surface area contributed by atoms with Crippen molar-refractivity contribution in [2.45, 2.75) is 29.8 Å². The van der Waals surface area contributed by atoms with Gasteiger partial charge in [-0.3, -0.25) is 0 Å². The van der Waals surface area contributed by atoms with Gasteiger partial charge in [-0.15, -0.1) is 11.3 Å². The molecule has 0 saturated carbocycles. The number of hydrogen-bond donors (Lipinski definition) is 1. The van der Waals surface area contributed by atoms with E-state index >= 15 is 0 Å². The Labute approximate surface area is 111 Å². The molecule has 1 fully saturated rings. The lowest BCUT2D eigenvalue weighted by molar-refractivity contribution is -0.257. The highest BCUT2D eigenvalue weighted by Crippen LogP contribution is 2.22. The summed E-state index contributed by atoms with van der Waals surface area (Å²) in [6.07, 6.45) is 1.38. The van der Waals surface area contributed by atoms with E-state index in [9.17, 15) is 8.42 Å². The first-order chi connectivity index (χ1) is 8.52. The van der Waals surface area contributed by atoms with Crippen LogP contribution in [0.4, 0.5) is 0 Å². The molecule has 1 aliphatic rings. The Balaban J connectivity index is 1.85. The average Bonchev–Trinajstić information content (AvgIpc) is 2.83. The van der Waals surface area contributed by atoms with Crippen molar-refractivity contribution in [3.63, 3.8) is 0 Å². The van der Waals surface area contributed by atoms with Gasteiger partial charge >= 0.3 is 0 Å². The van der Waals surface area contributed by atoms with Crippen LogP contribution in [0, 0.1) is 0 Å². The van der Waals surface area contributed by atoms with E-state index in [1.54, 1.807) is 17.5 Å². The lowest BCUT2D eigenvalue weighted by Crippen LogP contribution is -2.40. The smallest absolute Gasteiger partial charge is 0.250 e. The molecular formula is C11H17NO4S2. The van der Waals surface area contributed by atoms with Gasteiger partial charge in [-0.1, -0.05) is 6.07 Å². The van der Waals surface area contributed by atoms with Crippen molar-refractivity contribution in [2.24, 2.45) is 0 Å². The SMILES string of the molecule is CC1(CCNS(=O)(=O)c2cccs2)OCCCO1. The highest BCUT2D eigenvalue weighted by molar-refractivity contribution is 7.91. The molecule has 1 saturated heterocycles. The van der Waals surface area contributed by atoms with E-state index in [-0.39, 0.29) is 0 Å². The molecule has 0 radical (unpaired) electrons. The fraction of sp³-hybridized carbons (Fsp3) is 0.636. The van der Waals surface area contributed by atoms with E-state index in [2.05, 4.69) is 4.72 Å². The Morgan fingerprint density at radius 3 is 2.78 bits per heavy atom. The largest absolute Gasteiger partial charge is 0.350 e. The lowest BCUT2D eigenvalue weighted by atomic mass is 10.2. The van der Waals surface area contributed by atoms with Crippen LogP contribution in [-0.2, 0) is 19.5 Å². The maximum atomic E-state index is 11.9.